The predicted molar refractivity (Wildman–Crippen MR) is 219 cm³/mol. The number of carbonyl (C=O) groups is 6. The Kier molecular flexibility index (Phi) is 13.3. The summed E-state index contributed by atoms with van der Waals surface area (Å²) < 4.78 is 15.9. The molecule has 6 N–H and O–H groups in total. The number of anilines is 6. The molecule has 0 spiro atoms. The van der Waals surface area contributed by atoms with Crippen molar-refractivity contribution in [2.24, 2.45) is 0 Å². The van der Waals surface area contributed by atoms with Crippen molar-refractivity contribution in [1.29, 1.82) is 0 Å². The summed E-state index contributed by atoms with van der Waals surface area (Å²) in [5, 5.41) is 16.6. The lowest BCUT2D eigenvalue weighted by molar-refractivity contribution is -0.124. The van der Waals surface area contributed by atoms with E-state index >= 15 is 0 Å². The highest BCUT2D eigenvalue weighted by molar-refractivity contribution is 6.51. The van der Waals surface area contributed by atoms with Crippen molar-refractivity contribution < 1.29 is 43.0 Å². The number of hydrogen-bond acceptors (Lipinski definition) is 12. The molecule has 3 aromatic carbocycles. The molecule has 1 saturated carbocycles. The lowest BCUT2D eigenvalue weighted by Gasteiger charge is -2.20. The quantitative estimate of drug-likeness (QED) is 0.0686. The van der Waals surface area contributed by atoms with Crippen LogP contribution < -0.4 is 31.9 Å². The van der Waals surface area contributed by atoms with E-state index in [2.05, 4.69) is 31.9 Å². The number of ketones is 3. The zero-order chi connectivity index (χ0) is 42.1. The number of allylic oxidation sites excluding steroid dienone is 3. The second-order valence-electron chi connectivity index (χ2n) is 15.7. The monoisotopic (exact) mass is 780 g/mol. The minimum Gasteiger partial charge on any atom is -0.444 e. The van der Waals surface area contributed by atoms with Gasteiger partial charge in [-0.3, -0.25) is 30.3 Å². The first-order valence-corrected chi connectivity index (χ1v) is 17.9. The molecule has 0 saturated heterocycles. The number of Topliss-reactive ketones (excluding diaryl/α,β-unsaturated/α-hetero) is 3. The molecule has 0 atom stereocenters. The zero-order valence-electron chi connectivity index (χ0n) is 33.3. The number of rotatable bonds is 9. The van der Waals surface area contributed by atoms with Crippen molar-refractivity contribution >= 4 is 69.8 Å². The molecule has 0 unspecified atom stereocenters. The van der Waals surface area contributed by atoms with E-state index in [0.717, 1.165) is 0 Å². The Balaban J connectivity index is 1.64. The van der Waals surface area contributed by atoms with Gasteiger partial charge in [0.1, 0.15) is 16.8 Å². The molecule has 1 aliphatic carbocycles. The van der Waals surface area contributed by atoms with Gasteiger partial charge >= 0.3 is 18.3 Å². The van der Waals surface area contributed by atoms with Crippen LogP contribution in [0, 0.1) is 0 Å². The van der Waals surface area contributed by atoms with Gasteiger partial charge in [0, 0.05) is 52.7 Å². The van der Waals surface area contributed by atoms with Gasteiger partial charge in [-0.15, -0.1) is 0 Å². The van der Waals surface area contributed by atoms with Gasteiger partial charge < -0.3 is 30.2 Å². The van der Waals surface area contributed by atoms with E-state index < -0.39 is 52.4 Å². The van der Waals surface area contributed by atoms with Crippen LogP contribution in [0.2, 0.25) is 0 Å². The van der Waals surface area contributed by atoms with E-state index in [0.29, 0.717) is 34.1 Å². The van der Waals surface area contributed by atoms with Crippen molar-refractivity contribution in [2.45, 2.75) is 79.1 Å². The lowest BCUT2D eigenvalue weighted by Crippen LogP contribution is -2.33. The van der Waals surface area contributed by atoms with Gasteiger partial charge in [0.05, 0.1) is 16.7 Å². The van der Waals surface area contributed by atoms with E-state index in [1.54, 1.807) is 135 Å². The first kappa shape index (κ1) is 42.8. The Morgan fingerprint density at radius 3 is 0.877 bits per heavy atom. The Morgan fingerprint density at radius 1 is 0.421 bits per heavy atom. The highest BCUT2D eigenvalue weighted by Gasteiger charge is 2.38. The Bertz CT molecular complexity index is 1890. The van der Waals surface area contributed by atoms with Crippen LogP contribution in [-0.4, -0.2) is 52.4 Å². The number of amides is 3. The molecule has 57 heavy (non-hydrogen) atoms. The van der Waals surface area contributed by atoms with Gasteiger partial charge in [-0.2, -0.15) is 0 Å². The average molecular weight is 781 g/mol. The molecule has 0 bridgehead atoms. The normalized spacial score (nSPS) is 13.2. The van der Waals surface area contributed by atoms with Crippen LogP contribution in [0.15, 0.2) is 108 Å². The van der Waals surface area contributed by atoms with Crippen LogP contribution in [0.1, 0.15) is 62.3 Å². The summed E-state index contributed by atoms with van der Waals surface area (Å²) in [6.07, 6.45) is 1.54. The Hall–Kier alpha value is -6.90. The third kappa shape index (κ3) is 13.7. The van der Waals surface area contributed by atoms with Gasteiger partial charge in [0.25, 0.3) is 0 Å². The fraction of sp³-hybridized carbons (Fsp3) is 0.286. The first-order valence-electron chi connectivity index (χ1n) is 17.9. The SMILES string of the molecule is CC(C)(C)OC(=O)Nc1cccc(NC=C2C(=O)C(=CNc3cccc(NC(=O)OC(C)(C)C)c3)C(=O)C(=CNc3cccc(NC(=O)OC(C)(C)C)c3)C2=O)c1. The van der Waals surface area contributed by atoms with Crippen molar-refractivity contribution in [3.63, 3.8) is 0 Å². The van der Waals surface area contributed by atoms with Gasteiger partial charge in [-0.1, -0.05) is 18.2 Å². The number of benzene rings is 3. The van der Waals surface area contributed by atoms with Crippen LogP contribution in [0.25, 0.3) is 0 Å². The number of carbonyl (C=O) groups excluding carboxylic acids is 6. The number of nitrogens with one attached hydrogen (secondary N) is 6. The summed E-state index contributed by atoms with van der Waals surface area (Å²) >= 11 is 0. The summed E-state index contributed by atoms with van der Waals surface area (Å²) in [6.45, 7) is 15.6. The molecule has 0 heterocycles. The number of hydrogen-bond donors (Lipinski definition) is 6. The van der Waals surface area contributed by atoms with Crippen molar-refractivity contribution in [3.8, 4) is 0 Å². The van der Waals surface area contributed by atoms with Crippen LogP contribution in [0.3, 0.4) is 0 Å². The third-order valence-electron chi connectivity index (χ3n) is 7.14. The highest BCUT2D eigenvalue weighted by atomic mass is 16.6. The lowest BCUT2D eigenvalue weighted by atomic mass is 9.84. The molecule has 0 radical (unpaired) electrons. The summed E-state index contributed by atoms with van der Waals surface area (Å²) in [7, 11) is 0. The Morgan fingerprint density at radius 2 is 0.649 bits per heavy atom. The molecule has 15 nitrogen and oxygen atoms in total. The molecular weight excluding hydrogens is 732 g/mol. The van der Waals surface area contributed by atoms with E-state index in [1.807, 2.05) is 0 Å². The molecule has 3 amide bonds. The van der Waals surface area contributed by atoms with Crippen LogP contribution in [0.5, 0.6) is 0 Å². The summed E-state index contributed by atoms with van der Waals surface area (Å²) in [5.41, 5.74) is -0.874. The molecule has 1 fully saturated rings. The minimum atomic E-state index is -0.864. The van der Waals surface area contributed by atoms with Gasteiger partial charge in [-0.05, 0) is 117 Å². The van der Waals surface area contributed by atoms with Crippen molar-refractivity contribution in [3.05, 3.63) is 108 Å². The van der Waals surface area contributed by atoms with Crippen molar-refractivity contribution in [1.82, 2.24) is 0 Å². The van der Waals surface area contributed by atoms with E-state index in [4.69, 9.17) is 14.2 Å². The highest BCUT2D eigenvalue weighted by Crippen LogP contribution is 2.27. The van der Waals surface area contributed by atoms with Gasteiger partial charge in [0.15, 0.2) is 0 Å². The van der Waals surface area contributed by atoms with E-state index in [1.165, 1.54) is 18.6 Å². The Labute approximate surface area is 331 Å². The molecule has 15 heteroatoms. The molecule has 1 aliphatic rings. The minimum absolute atomic E-state index is 0.359. The molecular formula is C42H48N6O9. The molecule has 300 valence electrons. The van der Waals surface area contributed by atoms with Gasteiger partial charge in [0.2, 0.25) is 17.3 Å². The van der Waals surface area contributed by atoms with E-state index in [-0.39, 0.29) is 16.7 Å². The van der Waals surface area contributed by atoms with E-state index in [9.17, 15) is 28.8 Å². The smallest absolute Gasteiger partial charge is 0.412 e. The fourth-order valence-corrected chi connectivity index (χ4v) is 4.93. The second-order valence-corrected chi connectivity index (χ2v) is 15.7. The maximum atomic E-state index is 13.8. The molecule has 3 aromatic rings. The fourth-order valence-electron chi connectivity index (χ4n) is 4.93. The maximum Gasteiger partial charge on any atom is 0.412 e. The topological polar surface area (TPSA) is 202 Å². The van der Waals surface area contributed by atoms with Crippen LogP contribution in [0.4, 0.5) is 48.5 Å². The molecule has 0 aliphatic heterocycles. The summed E-state index contributed by atoms with van der Waals surface area (Å²) in [4.78, 5) is 78.5. The zero-order valence-corrected chi connectivity index (χ0v) is 33.3. The van der Waals surface area contributed by atoms with Crippen LogP contribution >= 0.6 is 0 Å². The predicted octanol–water partition coefficient (Wildman–Crippen LogP) is 8.74. The van der Waals surface area contributed by atoms with Gasteiger partial charge in [-0.25, -0.2) is 14.4 Å². The molecule has 4 rings (SSSR count). The summed E-state index contributed by atoms with van der Waals surface area (Å²) in [6, 6.07) is 19.5. The standard InChI is InChI=1S/C42H48N6O9/c1-40(2,3)55-37(52)46-28-16-10-13-25(19-28)43-22-31-34(49)32(23-44-26-14-11-17-29(20-26)47-38(53)56-41(4,5)6)36(51)33(35(31)50)24-45-27-15-12-18-30(21-27)48-39(54)57-42(7,8)9/h10-24,43-45H,1-9H3,(H,46,52)(H,47,53)(H,48,54). The third-order valence-corrected chi connectivity index (χ3v) is 7.14. The average Bonchev–Trinajstić information content (AvgIpc) is 3.06. The number of ether oxygens (including phenoxy) is 3. The van der Waals surface area contributed by atoms with Crippen LogP contribution in [-0.2, 0) is 28.6 Å². The second kappa shape index (κ2) is 17.7. The van der Waals surface area contributed by atoms with Crippen molar-refractivity contribution in [2.75, 3.05) is 31.9 Å². The largest absolute Gasteiger partial charge is 0.444 e. The molecule has 0 aromatic heterocycles. The first-order chi connectivity index (χ1) is 26.5. The summed E-state index contributed by atoms with van der Waals surface area (Å²) in [5.74, 6) is -2.59. The maximum absolute atomic E-state index is 13.8.